The number of aliphatic hydroxyl groups is 3. The van der Waals surface area contributed by atoms with Crippen LogP contribution in [0.5, 0.6) is 11.5 Å². The molecule has 3 amide bonds. The Morgan fingerprint density at radius 1 is 0.722 bits per heavy atom. The van der Waals surface area contributed by atoms with E-state index in [1.165, 1.54) is 16.0 Å². The largest absolute Gasteiger partial charge is 0.497 e. The molecule has 0 saturated carbocycles. The molecule has 0 aliphatic carbocycles. The van der Waals surface area contributed by atoms with Gasteiger partial charge in [0.2, 0.25) is 5.91 Å². The van der Waals surface area contributed by atoms with Gasteiger partial charge in [-0.1, -0.05) is 48.0 Å². The molecule has 0 spiro atoms. The number of hydrogen-bond acceptors (Lipinski definition) is 9. The molecule has 72 heavy (non-hydrogen) atoms. The second-order valence-electron chi connectivity index (χ2n) is 19.6. The molecule has 390 valence electrons. The van der Waals surface area contributed by atoms with E-state index in [-0.39, 0.29) is 17.5 Å². The summed E-state index contributed by atoms with van der Waals surface area (Å²) in [6.45, 7) is 6.22. The number of halogens is 5. The molecule has 0 aromatic heterocycles. The lowest BCUT2D eigenvalue weighted by molar-refractivity contribution is -0.140. The van der Waals surface area contributed by atoms with Crippen molar-refractivity contribution in [2.75, 3.05) is 85.0 Å². The highest BCUT2D eigenvalue weighted by Crippen LogP contribution is 2.35. The number of hydrogen-bond donors (Lipinski definition) is 4. The lowest BCUT2D eigenvalue weighted by Crippen LogP contribution is -2.56. The number of nitrogens with one attached hydrogen (secondary N) is 1. The topological polar surface area (TPSA) is 138 Å². The van der Waals surface area contributed by atoms with Crippen molar-refractivity contribution in [2.45, 2.75) is 87.2 Å². The van der Waals surface area contributed by atoms with Crippen molar-refractivity contribution < 1.29 is 51.9 Å². The molecular weight excluding hydrogens is 954 g/mol. The van der Waals surface area contributed by atoms with Gasteiger partial charge in [-0.05, 0) is 173 Å². The van der Waals surface area contributed by atoms with Crippen molar-refractivity contribution in [3.63, 3.8) is 0 Å². The number of urea groups is 1. The van der Waals surface area contributed by atoms with Gasteiger partial charge in [0.1, 0.15) is 17.3 Å². The first-order valence-corrected chi connectivity index (χ1v) is 25.3. The number of piperidine rings is 4. The van der Waals surface area contributed by atoms with Crippen molar-refractivity contribution >= 4 is 35.3 Å². The van der Waals surface area contributed by atoms with Gasteiger partial charge < -0.3 is 49.7 Å². The minimum Gasteiger partial charge on any atom is -0.497 e. The molecule has 17 heteroatoms. The van der Waals surface area contributed by atoms with Gasteiger partial charge in [-0.15, -0.1) is 0 Å². The van der Waals surface area contributed by atoms with E-state index >= 15 is 0 Å². The van der Waals surface area contributed by atoms with E-state index in [0.717, 1.165) is 81.1 Å². The average molecular weight is 1020 g/mol. The van der Waals surface area contributed by atoms with Crippen molar-refractivity contribution in [1.29, 1.82) is 0 Å². The van der Waals surface area contributed by atoms with Crippen LogP contribution >= 0.6 is 11.6 Å². The first-order chi connectivity index (χ1) is 34.5. The molecule has 4 N–H and O–H groups in total. The van der Waals surface area contributed by atoms with Crippen LogP contribution in [-0.4, -0.2) is 144 Å². The first-order valence-electron chi connectivity index (χ1n) is 25.0. The van der Waals surface area contributed by atoms with Crippen LogP contribution in [0, 0.1) is 11.7 Å². The number of likely N-dealkylation sites (tertiary alicyclic amines) is 4. The number of methoxy groups -OCH3 is 2. The van der Waals surface area contributed by atoms with Gasteiger partial charge >= 0.3 is 12.2 Å². The Labute approximate surface area is 425 Å². The fourth-order valence-corrected chi connectivity index (χ4v) is 10.4. The molecule has 2 atom stereocenters. The predicted molar refractivity (Wildman–Crippen MR) is 271 cm³/mol. The van der Waals surface area contributed by atoms with Crippen LogP contribution < -0.4 is 14.8 Å². The molecule has 4 aliphatic heterocycles. The fraction of sp³-hybridized carbons (Fsp3) is 0.491. The summed E-state index contributed by atoms with van der Waals surface area (Å²) in [5.41, 5.74) is 0.979. The third-order valence-corrected chi connectivity index (χ3v) is 15.2. The lowest BCUT2D eigenvalue weighted by Gasteiger charge is -2.43. The highest BCUT2D eigenvalue weighted by Gasteiger charge is 2.41. The van der Waals surface area contributed by atoms with Gasteiger partial charge in [-0.2, -0.15) is 13.2 Å². The van der Waals surface area contributed by atoms with E-state index in [1.807, 2.05) is 36.4 Å². The number of rotatable bonds is 13. The van der Waals surface area contributed by atoms with Crippen molar-refractivity contribution in [3.8, 4) is 11.5 Å². The smallest absolute Gasteiger partial charge is 0.416 e. The molecule has 4 aromatic rings. The number of anilines is 1. The Bertz CT molecular complexity index is 2380. The van der Waals surface area contributed by atoms with Gasteiger partial charge in [-0.3, -0.25) is 4.79 Å². The fourth-order valence-electron chi connectivity index (χ4n) is 10.3. The molecule has 12 nitrogen and oxygen atoms in total. The van der Waals surface area contributed by atoms with Gasteiger partial charge in [0, 0.05) is 56.1 Å². The molecule has 4 saturated heterocycles. The monoisotopic (exact) mass is 1020 g/mol. The van der Waals surface area contributed by atoms with Gasteiger partial charge in [0.25, 0.3) is 0 Å². The maximum Gasteiger partial charge on any atom is 0.416 e. The predicted octanol–water partition coefficient (Wildman–Crippen LogP) is 9.29. The number of benzene rings is 4. The zero-order chi connectivity index (χ0) is 51.4. The highest BCUT2D eigenvalue weighted by atomic mass is 35.5. The van der Waals surface area contributed by atoms with E-state index in [0.29, 0.717) is 87.9 Å². The van der Waals surface area contributed by atoms with Crippen molar-refractivity contribution in [1.82, 2.24) is 19.6 Å². The molecule has 0 radical (unpaired) electrons. The quantitative estimate of drug-likeness (QED) is 0.0763. The number of carbonyl (C=O) groups excluding carboxylic acids is 2. The van der Waals surface area contributed by atoms with Crippen LogP contribution in [0.1, 0.15) is 85.5 Å². The van der Waals surface area contributed by atoms with E-state index < -0.39 is 41.4 Å². The summed E-state index contributed by atoms with van der Waals surface area (Å²) in [6, 6.07) is 25.2. The van der Waals surface area contributed by atoms with E-state index in [4.69, 9.17) is 21.1 Å². The number of amides is 3. The number of alkyl halides is 3. The first kappa shape index (κ1) is 54.5. The summed E-state index contributed by atoms with van der Waals surface area (Å²) in [5, 5.41) is 35.9. The van der Waals surface area contributed by atoms with Gasteiger partial charge in [0.15, 0.2) is 0 Å². The normalized spacial score (nSPS) is 19.6. The van der Waals surface area contributed by atoms with Crippen LogP contribution in [0.3, 0.4) is 0 Å². The number of carbonyl (C=O) groups is 2. The summed E-state index contributed by atoms with van der Waals surface area (Å²) in [4.78, 5) is 32.9. The highest BCUT2D eigenvalue weighted by molar-refractivity contribution is 6.30. The molecule has 4 heterocycles. The zero-order valence-electron chi connectivity index (χ0n) is 41.1. The van der Waals surface area contributed by atoms with Crippen LogP contribution in [-0.2, 0) is 11.0 Å². The Morgan fingerprint density at radius 3 is 1.74 bits per heavy atom. The second kappa shape index (κ2) is 25.1. The summed E-state index contributed by atoms with van der Waals surface area (Å²) in [6.07, 6.45) is 3.29. The Balaban J connectivity index is 0.000000212. The second-order valence-corrected chi connectivity index (χ2v) is 20.0. The van der Waals surface area contributed by atoms with Crippen molar-refractivity contribution in [3.05, 3.63) is 130 Å². The lowest BCUT2D eigenvalue weighted by atomic mass is 9.84. The van der Waals surface area contributed by atoms with Crippen molar-refractivity contribution in [2.24, 2.45) is 5.92 Å². The van der Waals surface area contributed by atoms with Crippen LogP contribution in [0.25, 0.3) is 6.08 Å². The standard InChI is InChI=1S/C28H35ClN2O4.C27H33F4N3O3/c1-35-25-9-5-22(6-10-25)23-12-16-30(17-13-23)20-26(32)28(34)14-18-31(19-15-28)27(33)11-4-21-2-7-24(29)8-3-21;1-37-24-4-2-18(3-5-24)19-6-10-33(11-7-19)17-25(35)20-8-12-34(13-9-20)26(36)32-23-15-21(27(29,30)31)14-22(28)16-23/h2-11,23,26,32,34H,12-20H2,1H3;2-5,14-16,19-20,25,35H,6-13,17H2,1H3,(H,32,36)/b11-4+;. The maximum atomic E-state index is 13.6. The third-order valence-electron chi connectivity index (χ3n) is 14.9. The number of β-amino-alcohol motifs (C(OH)–C–C–N with tert-alkyl or cyclic N) is 2. The minimum absolute atomic E-state index is 0.0364. The van der Waals surface area contributed by atoms with Crippen LogP contribution in [0.4, 0.5) is 28.0 Å². The number of aliphatic hydroxyl groups excluding tert-OH is 2. The Hall–Kier alpha value is -5.23. The molecule has 4 aromatic carbocycles. The van der Waals surface area contributed by atoms with Gasteiger partial charge in [0.05, 0.1) is 37.6 Å². The summed E-state index contributed by atoms with van der Waals surface area (Å²) in [7, 11) is 3.33. The number of ether oxygens (including phenoxy) is 2. The Kier molecular flexibility index (Phi) is 19.0. The minimum atomic E-state index is -4.71. The molecular formula is C55H68ClF4N5O7. The molecule has 8 rings (SSSR count). The molecule has 0 bridgehead atoms. The summed E-state index contributed by atoms with van der Waals surface area (Å²) < 4.78 is 62.9. The third kappa shape index (κ3) is 15.2. The Morgan fingerprint density at radius 2 is 1.24 bits per heavy atom. The van der Waals surface area contributed by atoms with E-state index in [9.17, 15) is 42.5 Å². The molecule has 4 aliphatic rings. The molecule has 4 fully saturated rings. The zero-order valence-corrected chi connectivity index (χ0v) is 41.8. The number of nitrogens with zero attached hydrogens (tertiary/aromatic N) is 4. The van der Waals surface area contributed by atoms with Gasteiger partial charge in [-0.25, -0.2) is 9.18 Å². The summed E-state index contributed by atoms with van der Waals surface area (Å²) in [5.74, 6) is 1.59. The van der Waals surface area contributed by atoms with Crippen LogP contribution in [0.2, 0.25) is 5.02 Å². The summed E-state index contributed by atoms with van der Waals surface area (Å²) >= 11 is 5.90. The SMILES string of the molecule is COc1ccc(C2CCN(CC(O)C3(O)CCN(C(=O)/C=C/c4ccc(Cl)cc4)CC3)CC2)cc1.COc1ccc(C2CCN(CC(O)C3CCN(C(=O)Nc4cc(F)cc(C(F)(F)F)c4)CC3)CC2)cc1. The van der Waals surface area contributed by atoms with Crippen LogP contribution in [0.15, 0.2) is 97.1 Å². The van der Waals surface area contributed by atoms with E-state index in [1.54, 1.807) is 43.4 Å². The molecule has 2 unspecified atom stereocenters. The van der Waals surface area contributed by atoms with E-state index in [2.05, 4.69) is 39.4 Å². The maximum absolute atomic E-state index is 13.6. The average Bonchev–Trinajstić information content (AvgIpc) is 3.39.